The number of carbonyl (C=O) groups excluding carboxylic acids is 3. The Morgan fingerprint density at radius 2 is 1.76 bits per heavy atom. The average Bonchev–Trinajstić information content (AvgIpc) is 3.09. The lowest BCUT2D eigenvalue weighted by Crippen LogP contribution is -2.27. The van der Waals surface area contributed by atoms with Crippen LogP contribution in [0.2, 0.25) is 0 Å². The molecule has 172 valence electrons. The monoisotopic (exact) mass is 477 g/mol. The van der Waals surface area contributed by atoms with Gasteiger partial charge < -0.3 is 9.47 Å². The Balaban J connectivity index is 1.52. The molecule has 1 aliphatic rings. The summed E-state index contributed by atoms with van der Waals surface area (Å²) < 4.78 is 24.8. The second-order valence-electron chi connectivity index (χ2n) is 7.53. The molecule has 34 heavy (non-hydrogen) atoms. The van der Waals surface area contributed by atoms with Gasteiger partial charge in [-0.2, -0.15) is 0 Å². The first-order valence-electron chi connectivity index (χ1n) is 10.3. The summed E-state index contributed by atoms with van der Waals surface area (Å²) in [5.74, 6) is -1.00. The Morgan fingerprint density at radius 1 is 1.03 bits per heavy atom. The van der Waals surface area contributed by atoms with E-state index in [-0.39, 0.29) is 22.8 Å². The van der Waals surface area contributed by atoms with Crippen LogP contribution in [0.5, 0.6) is 11.5 Å². The van der Waals surface area contributed by atoms with Crippen LogP contribution in [0.3, 0.4) is 0 Å². The van der Waals surface area contributed by atoms with Crippen LogP contribution in [0, 0.1) is 12.7 Å². The first kappa shape index (κ1) is 23.3. The molecule has 3 aromatic carbocycles. The lowest BCUT2D eigenvalue weighted by molar-refractivity contribution is -0.123. The van der Waals surface area contributed by atoms with Gasteiger partial charge in [0.05, 0.1) is 24.1 Å². The number of aryl methyl sites for hydroxylation is 1. The van der Waals surface area contributed by atoms with Gasteiger partial charge in [-0.3, -0.25) is 14.5 Å². The molecule has 8 heteroatoms. The topological polar surface area (TPSA) is 72.9 Å². The molecule has 4 rings (SSSR count). The number of nitrogens with zero attached hydrogens (tertiary/aromatic N) is 1. The maximum absolute atomic E-state index is 14.0. The molecular weight excluding hydrogens is 457 g/mol. The van der Waals surface area contributed by atoms with E-state index in [9.17, 15) is 18.8 Å². The van der Waals surface area contributed by atoms with Crippen molar-refractivity contribution < 1.29 is 28.2 Å². The second kappa shape index (κ2) is 9.93. The van der Waals surface area contributed by atoms with E-state index in [1.807, 2.05) is 19.1 Å². The molecule has 1 fully saturated rings. The van der Waals surface area contributed by atoms with Gasteiger partial charge in [-0.25, -0.2) is 9.18 Å². The molecular formula is C26H20FNO5S. The summed E-state index contributed by atoms with van der Waals surface area (Å²) in [6.45, 7) is 1.78. The summed E-state index contributed by atoms with van der Waals surface area (Å²) in [4.78, 5) is 38.8. The highest BCUT2D eigenvalue weighted by Crippen LogP contribution is 2.35. The summed E-state index contributed by atoms with van der Waals surface area (Å²) >= 11 is 0.778. The van der Waals surface area contributed by atoms with E-state index in [0.29, 0.717) is 16.9 Å². The quantitative estimate of drug-likeness (QED) is 0.262. The van der Waals surface area contributed by atoms with Crippen molar-refractivity contribution in [3.05, 3.63) is 99.7 Å². The SMILES string of the molecule is COc1cc(/C=C2\SC(=O)N(Cc3ccccc3F)C2=O)ccc1OC(=O)c1ccc(C)cc1. The number of ether oxygens (including phenoxy) is 2. The number of halogens is 1. The van der Waals surface area contributed by atoms with Gasteiger partial charge in [0.25, 0.3) is 11.1 Å². The fourth-order valence-corrected chi connectivity index (χ4v) is 4.13. The molecule has 3 aromatic rings. The minimum absolute atomic E-state index is 0.147. The van der Waals surface area contributed by atoms with Crippen molar-refractivity contribution in [1.29, 1.82) is 0 Å². The zero-order chi connectivity index (χ0) is 24.2. The molecule has 0 bridgehead atoms. The normalized spacial score (nSPS) is 14.6. The molecule has 0 aliphatic carbocycles. The van der Waals surface area contributed by atoms with Gasteiger partial charge in [0, 0.05) is 5.56 Å². The zero-order valence-corrected chi connectivity index (χ0v) is 19.2. The first-order valence-corrected chi connectivity index (χ1v) is 11.1. The molecule has 0 atom stereocenters. The number of imide groups is 1. The standard InChI is InChI=1S/C26H20FNO5S/c1-16-7-10-18(11-8-16)25(30)33-21-12-9-17(13-22(21)32-2)14-23-24(29)28(26(31)34-23)15-19-5-3-4-6-20(19)27/h3-14H,15H2,1-2H3/b23-14-. The van der Waals surface area contributed by atoms with Crippen molar-refractivity contribution in [3.63, 3.8) is 0 Å². The van der Waals surface area contributed by atoms with Gasteiger partial charge in [-0.15, -0.1) is 0 Å². The molecule has 0 spiro atoms. The van der Waals surface area contributed by atoms with E-state index in [4.69, 9.17) is 9.47 Å². The van der Waals surface area contributed by atoms with Crippen LogP contribution in [-0.2, 0) is 11.3 Å². The number of esters is 1. The van der Waals surface area contributed by atoms with E-state index in [1.165, 1.54) is 19.2 Å². The molecule has 2 amide bonds. The molecule has 6 nitrogen and oxygen atoms in total. The second-order valence-corrected chi connectivity index (χ2v) is 8.52. The fraction of sp³-hybridized carbons (Fsp3) is 0.115. The molecule has 0 aromatic heterocycles. The number of hydrogen-bond acceptors (Lipinski definition) is 6. The third kappa shape index (κ3) is 5.02. The number of rotatable bonds is 6. The summed E-state index contributed by atoms with van der Waals surface area (Å²) in [6, 6.07) is 17.8. The maximum atomic E-state index is 14.0. The smallest absolute Gasteiger partial charge is 0.343 e. The number of thioether (sulfide) groups is 1. The van der Waals surface area contributed by atoms with Crippen LogP contribution in [-0.4, -0.2) is 29.1 Å². The number of benzene rings is 3. The molecule has 1 aliphatic heterocycles. The fourth-order valence-electron chi connectivity index (χ4n) is 3.29. The number of amides is 2. The third-order valence-corrected chi connectivity index (χ3v) is 6.04. The van der Waals surface area contributed by atoms with Gasteiger partial charge in [0.15, 0.2) is 11.5 Å². The molecule has 0 N–H and O–H groups in total. The highest BCUT2D eigenvalue weighted by molar-refractivity contribution is 8.18. The Labute approximate surface area is 200 Å². The molecule has 0 unspecified atom stereocenters. The van der Waals surface area contributed by atoms with Crippen LogP contribution in [0.4, 0.5) is 9.18 Å². The van der Waals surface area contributed by atoms with E-state index in [0.717, 1.165) is 22.2 Å². The Hall–Kier alpha value is -3.91. The highest BCUT2D eigenvalue weighted by Gasteiger charge is 2.35. The van der Waals surface area contributed by atoms with E-state index in [1.54, 1.807) is 48.5 Å². The van der Waals surface area contributed by atoms with Crippen molar-refractivity contribution in [2.24, 2.45) is 0 Å². The predicted molar refractivity (Wildman–Crippen MR) is 127 cm³/mol. The van der Waals surface area contributed by atoms with Gasteiger partial charge in [-0.05, 0) is 60.7 Å². The molecule has 0 saturated carbocycles. The van der Waals surface area contributed by atoms with Crippen LogP contribution in [0.15, 0.2) is 71.6 Å². The van der Waals surface area contributed by atoms with Crippen molar-refractivity contribution in [1.82, 2.24) is 4.90 Å². The lowest BCUT2D eigenvalue weighted by atomic mass is 10.1. The highest BCUT2D eigenvalue weighted by atomic mass is 32.2. The van der Waals surface area contributed by atoms with Crippen molar-refractivity contribution in [2.75, 3.05) is 7.11 Å². The van der Waals surface area contributed by atoms with Gasteiger partial charge >= 0.3 is 5.97 Å². The van der Waals surface area contributed by atoms with Crippen LogP contribution >= 0.6 is 11.8 Å². The van der Waals surface area contributed by atoms with Crippen molar-refractivity contribution >= 4 is 35.0 Å². The average molecular weight is 478 g/mol. The van der Waals surface area contributed by atoms with Crippen molar-refractivity contribution in [2.45, 2.75) is 13.5 Å². The minimum Gasteiger partial charge on any atom is -0.493 e. The largest absolute Gasteiger partial charge is 0.493 e. The predicted octanol–water partition coefficient (Wildman–Crippen LogP) is 5.60. The van der Waals surface area contributed by atoms with Gasteiger partial charge in [-0.1, -0.05) is 42.0 Å². The summed E-state index contributed by atoms with van der Waals surface area (Å²) in [7, 11) is 1.44. The molecule has 1 saturated heterocycles. The summed E-state index contributed by atoms with van der Waals surface area (Å²) in [5, 5.41) is -0.477. The molecule has 1 heterocycles. The van der Waals surface area contributed by atoms with Crippen molar-refractivity contribution in [3.8, 4) is 11.5 Å². The van der Waals surface area contributed by atoms with Crippen LogP contribution in [0.1, 0.15) is 27.0 Å². The van der Waals surface area contributed by atoms with E-state index >= 15 is 0 Å². The Kier molecular flexibility index (Phi) is 6.79. The summed E-state index contributed by atoms with van der Waals surface area (Å²) in [5.41, 5.74) is 2.26. The Morgan fingerprint density at radius 3 is 2.47 bits per heavy atom. The van der Waals surface area contributed by atoms with E-state index in [2.05, 4.69) is 0 Å². The van der Waals surface area contributed by atoms with E-state index < -0.39 is 22.9 Å². The van der Waals surface area contributed by atoms with Gasteiger partial charge in [0.2, 0.25) is 0 Å². The third-order valence-electron chi connectivity index (χ3n) is 5.14. The Bertz CT molecular complexity index is 1300. The molecule has 0 radical (unpaired) electrons. The number of methoxy groups -OCH3 is 1. The zero-order valence-electron chi connectivity index (χ0n) is 18.4. The lowest BCUT2D eigenvalue weighted by Gasteiger charge is -2.13. The van der Waals surface area contributed by atoms with Crippen LogP contribution < -0.4 is 9.47 Å². The maximum Gasteiger partial charge on any atom is 0.343 e. The number of hydrogen-bond donors (Lipinski definition) is 0. The van der Waals surface area contributed by atoms with Gasteiger partial charge in [0.1, 0.15) is 5.82 Å². The first-order chi connectivity index (χ1) is 16.4. The summed E-state index contributed by atoms with van der Waals surface area (Å²) in [6.07, 6.45) is 1.54. The number of carbonyl (C=O) groups is 3. The van der Waals surface area contributed by atoms with Crippen LogP contribution in [0.25, 0.3) is 6.08 Å². The minimum atomic E-state index is -0.527.